The van der Waals surface area contributed by atoms with E-state index in [4.69, 9.17) is 10.5 Å². The second-order valence-electron chi connectivity index (χ2n) is 3.96. The number of carbonyl (C=O) groups is 1. The first-order valence-corrected chi connectivity index (χ1v) is 7.25. The van der Waals surface area contributed by atoms with Crippen molar-refractivity contribution in [2.45, 2.75) is 19.4 Å². The van der Waals surface area contributed by atoms with Crippen LogP contribution in [0.5, 0.6) is 5.75 Å². The molecule has 0 radical (unpaired) electrons. The SMILES string of the molecule is CCC(CSC)NC(=O)c1cccc(OC)c1N. The van der Waals surface area contributed by atoms with Gasteiger partial charge < -0.3 is 15.8 Å². The number of anilines is 1. The number of nitrogens with one attached hydrogen (secondary N) is 1. The summed E-state index contributed by atoms with van der Waals surface area (Å²) in [5, 5.41) is 2.98. The van der Waals surface area contributed by atoms with Gasteiger partial charge in [-0.1, -0.05) is 13.0 Å². The molecule has 0 saturated heterocycles. The number of methoxy groups -OCH3 is 1. The summed E-state index contributed by atoms with van der Waals surface area (Å²) in [7, 11) is 1.54. The van der Waals surface area contributed by atoms with Crippen LogP contribution in [-0.4, -0.2) is 31.1 Å². The van der Waals surface area contributed by atoms with Crippen molar-refractivity contribution in [3.63, 3.8) is 0 Å². The number of hydrogen-bond donors (Lipinski definition) is 2. The van der Waals surface area contributed by atoms with E-state index in [1.165, 1.54) is 7.11 Å². The maximum absolute atomic E-state index is 12.1. The van der Waals surface area contributed by atoms with E-state index >= 15 is 0 Å². The monoisotopic (exact) mass is 268 g/mol. The van der Waals surface area contributed by atoms with Gasteiger partial charge in [0.15, 0.2) is 0 Å². The quantitative estimate of drug-likeness (QED) is 0.776. The van der Waals surface area contributed by atoms with E-state index in [0.29, 0.717) is 17.0 Å². The second kappa shape index (κ2) is 7.16. The Hall–Kier alpha value is -1.36. The zero-order chi connectivity index (χ0) is 13.5. The molecule has 1 aromatic carbocycles. The summed E-state index contributed by atoms with van der Waals surface area (Å²) >= 11 is 1.71. The Kier molecular flexibility index (Phi) is 5.85. The molecule has 0 spiro atoms. The van der Waals surface area contributed by atoms with Gasteiger partial charge in [0.05, 0.1) is 18.4 Å². The topological polar surface area (TPSA) is 64.3 Å². The van der Waals surface area contributed by atoms with Crippen molar-refractivity contribution in [1.29, 1.82) is 0 Å². The van der Waals surface area contributed by atoms with Gasteiger partial charge in [0, 0.05) is 11.8 Å². The summed E-state index contributed by atoms with van der Waals surface area (Å²) in [6.07, 6.45) is 2.92. The van der Waals surface area contributed by atoms with Crippen molar-refractivity contribution >= 4 is 23.4 Å². The number of carbonyl (C=O) groups excluding carboxylic acids is 1. The lowest BCUT2D eigenvalue weighted by atomic mass is 10.1. The van der Waals surface area contributed by atoms with E-state index < -0.39 is 0 Å². The zero-order valence-corrected chi connectivity index (χ0v) is 11.8. The van der Waals surface area contributed by atoms with Crippen molar-refractivity contribution in [1.82, 2.24) is 5.32 Å². The van der Waals surface area contributed by atoms with Crippen LogP contribution in [0.2, 0.25) is 0 Å². The molecule has 18 heavy (non-hydrogen) atoms. The molecule has 4 nitrogen and oxygen atoms in total. The fourth-order valence-corrected chi connectivity index (χ4v) is 2.37. The third kappa shape index (κ3) is 3.57. The molecule has 1 unspecified atom stereocenters. The Morgan fingerprint density at radius 3 is 2.83 bits per heavy atom. The van der Waals surface area contributed by atoms with Gasteiger partial charge in [0.1, 0.15) is 5.75 Å². The fourth-order valence-electron chi connectivity index (χ4n) is 1.65. The fraction of sp³-hybridized carbons (Fsp3) is 0.462. The van der Waals surface area contributed by atoms with Gasteiger partial charge in [-0.3, -0.25) is 4.79 Å². The largest absolute Gasteiger partial charge is 0.495 e. The molecule has 0 heterocycles. The van der Waals surface area contributed by atoms with Crippen LogP contribution in [0.3, 0.4) is 0 Å². The number of thioether (sulfide) groups is 1. The van der Waals surface area contributed by atoms with E-state index in [9.17, 15) is 4.79 Å². The molecule has 1 amide bonds. The van der Waals surface area contributed by atoms with Gasteiger partial charge in [-0.05, 0) is 24.8 Å². The summed E-state index contributed by atoms with van der Waals surface area (Å²) in [5.74, 6) is 1.28. The van der Waals surface area contributed by atoms with E-state index in [1.807, 2.05) is 6.26 Å². The first-order chi connectivity index (χ1) is 8.63. The van der Waals surface area contributed by atoms with Gasteiger partial charge in [-0.25, -0.2) is 0 Å². The third-order valence-electron chi connectivity index (χ3n) is 2.73. The molecule has 1 aromatic rings. The summed E-state index contributed by atoms with van der Waals surface area (Å²) in [5.41, 5.74) is 6.75. The molecule has 0 aliphatic heterocycles. The average molecular weight is 268 g/mol. The van der Waals surface area contributed by atoms with E-state index in [2.05, 4.69) is 12.2 Å². The predicted octanol–water partition coefficient (Wildman–Crippen LogP) is 2.15. The third-order valence-corrected chi connectivity index (χ3v) is 3.46. The lowest BCUT2D eigenvalue weighted by Crippen LogP contribution is -2.36. The minimum atomic E-state index is -0.146. The van der Waals surface area contributed by atoms with Crippen molar-refractivity contribution in [2.75, 3.05) is 24.9 Å². The summed E-state index contributed by atoms with van der Waals surface area (Å²) in [6.45, 7) is 2.05. The van der Waals surface area contributed by atoms with E-state index in [-0.39, 0.29) is 11.9 Å². The number of benzene rings is 1. The highest BCUT2D eigenvalue weighted by molar-refractivity contribution is 7.98. The molecule has 5 heteroatoms. The normalized spacial score (nSPS) is 11.9. The number of para-hydroxylation sites is 1. The Bertz CT molecular complexity index is 410. The van der Waals surface area contributed by atoms with Crippen molar-refractivity contribution in [3.8, 4) is 5.75 Å². The highest BCUT2D eigenvalue weighted by atomic mass is 32.2. The number of hydrogen-bond acceptors (Lipinski definition) is 4. The van der Waals surface area contributed by atoms with Crippen LogP contribution >= 0.6 is 11.8 Å². The standard InChI is InChI=1S/C13H20N2O2S/c1-4-9(8-18-3)15-13(16)10-6-5-7-11(17-2)12(10)14/h5-7,9H,4,8,14H2,1-3H3,(H,15,16). The smallest absolute Gasteiger partial charge is 0.253 e. The first-order valence-electron chi connectivity index (χ1n) is 5.86. The molecular formula is C13H20N2O2S. The van der Waals surface area contributed by atoms with Crippen LogP contribution in [-0.2, 0) is 0 Å². The van der Waals surface area contributed by atoms with Crippen molar-refractivity contribution in [3.05, 3.63) is 23.8 Å². The average Bonchev–Trinajstić information content (AvgIpc) is 2.38. The van der Waals surface area contributed by atoms with Gasteiger partial charge >= 0.3 is 0 Å². The van der Waals surface area contributed by atoms with E-state index in [1.54, 1.807) is 30.0 Å². The molecule has 0 fully saturated rings. The molecule has 0 bridgehead atoms. The summed E-state index contributed by atoms with van der Waals surface area (Å²) < 4.78 is 5.11. The zero-order valence-electron chi connectivity index (χ0n) is 11.0. The first kappa shape index (κ1) is 14.7. The van der Waals surface area contributed by atoms with Crippen LogP contribution in [0.15, 0.2) is 18.2 Å². The highest BCUT2D eigenvalue weighted by Gasteiger charge is 2.16. The maximum Gasteiger partial charge on any atom is 0.253 e. The molecule has 0 aliphatic rings. The molecule has 3 N–H and O–H groups in total. The van der Waals surface area contributed by atoms with Crippen molar-refractivity contribution in [2.24, 2.45) is 0 Å². The van der Waals surface area contributed by atoms with Gasteiger partial charge in [-0.2, -0.15) is 11.8 Å². The van der Waals surface area contributed by atoms with Crippen LogP contribution in [0.25, 0.3) is 0 Å². The molecule has 1 rings (SSSR count). The Balaban J connectivity index is 2.84. The molecular weight excluding hydrogens is 248 g/mol. The second-order valence-corrected chi connectivity index (χ2v) is 4.87. The lowest BCUT2D eigenvalue weighted by Gasteiger charge is -2.17. The summed E-state index contributed by atoms with van der Waals surface area (Å²) in [4.78, 5) is 12.1. The number of nitrogens with two attached hydrogens (primary N) is 1. The van der Waals surface area contributed by atoms with Gasteiger partial charge in [0.25, 0.3) is 5.91 Å². The molecule has 0 saturated carbocycles. The van der Waals surface area contributed by atoms with Crippen LogP contribution in [0.4, 0.5) is 5.69 Å². The predicted molar refractivity (Wildman–Crippen MR) is 77.3 cm³/mol. The van der Waals surface area contributed by atoms with Crippen LogP contribution in [0.1, 0.15) is 23.7 Å². The summed E-state index contributed by atoms with van der Waals surface area (Å²) in [6, 6.07) is 5.38. The van der Waals surface area contributed by atoms with Crippen LogP contribution in [0, 0.1) is 0 Å². The van der Waals surface area contributed by atoms with Crippen molar-refractivity contribution < 1.29 is 9.53 Å². The number of ether oxygens (including phenoxy) is 1. The molecule has 0 aliphatic carbocycles. The molecule has 100 valence electrons. The lowest BCUT2D eigenvalue weighted by molar-refractivity contribution is 0.0940. The van der Waals surface area contributed by atoms with Gasteiger partial charge in [-0.15, -0.1) is 0 Å². The molecule has 1 atom stereocenters. The minimum absolute atomic E-state index is 0.146. The van der Waals surface area contributed by atoms with Gasteiger partial charge in [0.2, 0.25) is 0 Å². The Morgan fingerprint density at radius 2 is 2.28 bits per heavy atom. The Morgan fingerprint density at radius 1 is 1.56 bits per heavy atom. The minimum Gasteiger partial charge on any atom is -0.495 e. The van der Waals surface area contributed by atoms with Crippen LogP contribution < -0.4 is 15.8 Å². The highest BCUT2D eigenvalue weighted by Crippen LogP contribution is 2.24. The van der Waals surface area contributed by atoms with E-state index in [0.717, 1.165) is 12.2 Å². The Labute approximate surface area is 112 Å². The number of rotatable bonds is 6. The number of amides is 1. The maximum atomic E-state index is 12.1. The number of nitrogen functional groups attached to an aromatic ring is 1. The molecule has 0 aromatic heterocycles.